The third-order valence-electron chi connectivity index (χ3n) is 3.91. The number of rotatable bonds is 6. The Kier molecular flexibility index (Phi) is 5.96. The zero-order chi connectivity index (χ0) is 15.2. The average Bonchev–Trinajstić information content (AvgIpc) is 2.47. The molecule has 2 heterocycles. The molecule has 5 heteroatoms. The molecular formula is C16H28N4O. The fourth-order valence-electron chi connectivity index (χ4n) is 2.70. The van der Waals surface area contributed by atoms with Crippen molar-refractivity contribution in [1.29, 1.82) is 0 Å². The van der Waals surface area contributed by atoms with Crippen LogP contribution >= 0.6 is 0 Å². The molecule has 2 rings (SSSR count). The highest BCUT2D eigenvalue weighted by atomic mass is 16.3. The Bertz CT molecular complexity index is 442. The molecule has 5 nitrogen and oxygen atoms in total. The summed E-state index contributed by atoms with van der Waals surface area (Å²) in [5, 5.41) is 12.4. The third kappa shape index (κ3) is 4.66. The van der Waals surface area contributed by atoms with Crippen molar-refractivity contribution in [2.45, 2.75) is 33.4 Å². The molecule has 1 aliphatic rings. The number of anilines is 1. The molecule has 0 saturated carbocycles. The normalized spacial score (nSPS) is 16.7. The van der Waals surface area contributed by atoms with Gasteiger partial charge in [-0.05, 0) is 24.1 Å². The fourth-order valence-corrected chi connectivity index (χ4v) is 2.70. The maximum Gasteiger partial charge on any atom is 0.131 e. The fraction of sp³-hybridized carbons (Fsp3) is 0.688. The largest absolute Gasteiger partial charge is 0.395 e. The van der Waals surface area contributed by atoms with Gasteiger partial charge in [-0.2, -0.15) is 0 Å². The summed E-state index contributed by atoms with van der Waals surface area (Å²) in [6.45, 7) is 12.3. The van der Waals surface area contributed by atoms with E-state index in [1.807, 2.05) is 6.20 Å². The lowest BCUT2D eigenvalue weighted by molar-refractivity contribution is 0.188. The van der Waals surface area contributed by atoms with E-state index in [9.17, 15) is 0 Å². The number of piperazine rings is 1. The summed E-state index contributed by atoms with van der Waals surface area (Å²) in [6.07, 6.45) is 1.98. The molecule has 118 valence electrons. The quantitative estimate of drug-likeness (QED) is 0.819. The molecule has 21 heavy (non-hydrogen) atoms. The van der Waals surface area contributed by atoms with Crippen LogP contribution in [0.5, 0.6) is 0 Å². The van der Waals surface area contributed by atoms with E-state index in [1.54, 1.807) is 0 Å². The summed E-state index contributed by atoms with van der Waals surface area (Å²) in [5.41, 5.74) is 2.48. The van der Waals surface area contributed by atoms with Crippen molar-refractivity contribution in [2.24, 2.45) is 0 Å². The number of aliphatic hydroxyl groups excluding tert-OH is 1. The number of aromatic nitrogens is 1. The summed E-state index contributed by atoms with van der Waals surface area (Å²) in [6, 6.07) is 2.72. The first-order valence-electron chi connectivity index (χ1n) is 7.87. The van der Waals surface area contributed by atoms with E-state index in [1.165, 1.54) is 11.1 Å². The number of pyridine rings is 1. The Hall–Kier alpha value is -1.17. The lowest BCUT2D eigenvalue weighted by atomic mass is 10.1. The van der Waals surface area contributed by atoms with Crippen molar-refractivity contribution in [3.63, 3.8) is 0 Å². The first kappa shape index (κ1) is 16.2. The third-order valence-corrected chi connectivity index (χ3v) is 3.91. The van der Waals surface area contributed by atoms with Crippen LogP contribution in [-0.4, -0.2) is 60.4 Å². The van der Waals surface area contributed by atoms with Crippen molar-refractivity contribution in [3.8, 4) is 0 Å². The number of aryl methyl sites for hydroxylation is 1. The van der Waals surface area contributed by atoms with Crippen LogP contribution in [0, 0.1) is 6.92 Å². The highest BCUT2D eigenvalue weighted by Gasteiger charge is 2.18. The van der Waals surface area contributed by atoms with Crippen molar-refractivity contribution in [2.75, 3.05) is 44.2 Å². The molecular weight excluding hydrogens is 264 g/mol. The molecule has 1 fully saturated rings. The van der Waals surface area contributed by atoms with Gasteiger partial charge in [0, 0.05) is 51.5 Å². The molecule has 0 spiro atoms. The number of hydrogen-bond acceptors (Lipinski definition) is 5. The van der Waals surface area contributed by atoms with E-state index in [2.05, 4.69) is 46.9 Å². The minimum absolute atomic E-state index is 0.245. The molecule has 2 N–H and O–H groups in total. The summed E-state index contributed by atoms with van der Waals surface area (Å²) in [4.78, 5) is 9.32. The average molecular weight is 292 g/mol. The smallest absolute Gasteiger partial charge is 0.131 e. The second kappa shape index (κ2) is 7.73. The first-order valence-corrected chi connectivity index (χ1v) is 7.87. The van der Waals surface area contributed by atoms with Crippen LogP contribution in [0.25, 0.3) is 0 Å². The molecule has 0 radical (unpaired) electrons. The minimum Gasteiger partial charge on any atom is -0.395 e. The summed E-state index contributed by atoms with van der Waals surface area (Å²) >= 11 is 0. The summed E-state index contributed by atoms with van der Waals surface area (Å²) < 4.78 is 0. The van der Waals surface area contributed by atoms with Gasteiger partial charge in [0.15, 0.2) is 0 Å². The Balaban J connectivity index is 1.95. The van der Waals surface area contributed by atoms with E-state index in [0.29, 0.717) is 6.04 Å². The van der Waals surface area contributed by atoms with Crippen LogP contribution in [0.1, 0.15) is 25.0 Å². The predicted molar refractivity (Wildman–Crippen MR) is 86.7 cm³/mol. The van der Waals surface area contributed by atoms with Crippen LogP contribution < -0.4 is 10.2 Å². The molecule has 0 bridgehead atoms. The van der Waals surface area contributed by atoms with Gasteiger partial charge in [-0.25, -0.2) is 4.98 Å². The minimum atomic E-state index is 0.245. The van der Waals surface area contributed by atoms with Crippen molar-refractivity contribution >= 4 is 5.82 Å². The van der Waals surface area contributed by atoms with Crippen molar-refractivity contribution in [3.05, 3.63) is 23.4 Å². The van der Waals surface area contributed by atoms with Crippen LogP contribution in [0.4, 0.5) is 5.82 Å². The summed E-state index contributed by atoms with van der Waals surface area (Å²) in [5.74, 6) is 1.10. The topological polar surface area (TPSA) is 51.6 Å². The zero-order valence-electron chi connectivity index (χ0n) is 13.5. The molecule has 1 aliphatic heterocycles. The van der Waals surface area contributed by atoms with Crippen LogP contribution in [0.15, 0.2) is 12.3 Å². The lowest BCUT2D eigenvalue weighted by Gasteiger charge is -2.35. The molecule has 1 aromatic rings. The second-order valence-electron chi connectivity index (χ2n) is 6.07. The Morgan fingerprint density at radius 2 is 2.00 bits per heavy atom. The zero-order valence-corrected chi connectivity index (χ0v) is 13.5. The molecule has 1 saturated heterocycles. The number of hydrogen-bond donors (Lipinski definition) is 2. The molecule has 1 aromatic heterocycles. The number of aliphatic hydroxyl groups is 1. The van der Waals surface area contributed by atoms with E-state index in [-0.39, 0.29) is 6.61 Å². The van der Waals surface area contributed by atoms with Gasteiger partial charge in [-0.1, -0.05) is 13.8 Å². The predicted octanol–water partition coefficient (Wildman–Crippen LogP) is 1.00. The van der Waals surface area contributed by atoms with E-state index in [4.69, 9.17) is 5.11 Å². The standard InChI is InChI=1S/C16H28N4O/c1-13(2)17-11-15-10-14(3)16(18-12-15)20-6-4-19(5-7-20)8-9-21/h10,12-13,17,21H,4-9,11H2,1-3H3. The first-order chi connectivity index (χ1) is 10.1. The number of β-amino-alcohol motifs (C(OH)–C–C–N with tert-alkyl or cyclic N) is 1. The monoisotopic (exact) mass is 292 g/mol. The Labute approximate surface area is 128 Å². The molecule has 0 unspecified atom stereocenters. The van der Waals surface area contributed by atoms with Crippen molar-refractivity contribution in [1.82, 2.24) is 15.2 Å². The maximum absolute atomic E-state index is 8.99. The van der Waals surface area contributed by atoms with Gasteiger partial charge in [-0.3, -0.25) is 4.90 Å². The van der Waals surface area contributed by atoms with E-state index < -0.39 is 0 Å². The highest BCUT2D eigenvalue weighted by molar-refractivity contribution is 5.47. The molecule has 0 aromatic carbocycles. The van der Waals surface area contributed by atoms with E-state index in [0.717, 1.165) is 45.1 Å². The van der Waals surface area contributed by atoms with Gasteiger partial charge in [0.25, 0.3) is 0 Å². The van der Waals surface area contributed by atoms with Gasteiger partial charge in [0.1, 0.15) is 5.82 Å². The van der Waals surface area contributed by atoms with Gasteiger partial charge in [-0.15, -0.1) is 0 Å². The Morgan fingerprint density at radius 1 is 1.29 bits per heavy atom. The van der Waals surface area contributed by atoms with Gasteiger partial charge in [0.05, 0.1) is 6.61 Å². The molecule has 0 aliphatic carbocycles. The number of nitrogens with one attached hydrogen (secondary N) is 1. The maximum atomic E-state index is 8.99. The highest BCUT2D eigenvalue weighted by Crippen LogP contribution is 2.19. The molecule has 0 amide bonds. The lowest BCUT2D eigenvalue weighted by Crippen LogP contribution is -2.47. The summed E-state index contributed by atoms with van der Waals surface area (Å²) in [7, 11) is 0. The SMILES string of the molecule is Cc1cc(CNC(C)C)cnc1N1CCN(CCO)CC1. The van der Waals surface area contributed by atoms with Crippen LogP contribution in [0.3, 0.4) is 0 Å². The second-order valence-corrected chi connectivity index (χ2v) is 6.07. The number of nitrogens with zero attached hydrogens (tertiary/aromatic N) is 3. The van der Waals surface area contributed by atoms with Gasteiger partial charge in [0.2, 0.25) is 0 Å². The van der Waals surface area contributed by atoms with Crippen LogP contribution in [0.2, 0.25) is 0 Å². The van der Waals surface area contributed by atoms with Gasteiger partial charge < -0.3 is 15.3 Å². The van der Waals surface area contributed by atoms with Gasteiger partial charge >= 0.3 is 0 Å². The Morgan fingerprint density at radius 3 is 2.57 bits per heavy atom. The molecule has 0 atom stereocenters. The van der Waals surface area contributed by atoms with Crippen LogP contribution in [-0.2, 0) is 6.54 Å². The van der Waals surface area contributed by atoms with Crippen molar-refractivity contribution < 1.29 is 5.11 Å². The van der Waals surface area contributed by atoms with E-state index >= 15 is 0 Å².